The Morgan fingerprint density at radius 2 is 1.83 bits per heavy atom. The van der Waals surface area contributed by atoms with Crippen LogP contribution in [0.1, 0.15) is 16.2 Å². The van der Waals surface area contributed by atoms with E-state index in [9.17, 15) is 13.2 Å². The normalized spacial score (nSPS) is 11.7. The van der Waals surface area contributed by atoms with Crippen LogP contribution < -0.4 is 4.72 Å². The monoisotopic (exact) mass is 332 g/mol. The van der Waals surface area contributed by atoms with Crippen molar-refractivity contribution in [3.05, 3.63) is 60.0 Å². The van der Waals surface area contributed by atoms with Gasteiger partial charge in [-0.15, -0.1) is 0 Å². The summed E-state index contributed by atoms with van der Waals surface area (Å²) in [6, 6.07) is 12.0. The second-order valence-electron chi connectivity index (χ2n) is 4.73. The molecule has 0 unspecified atom stereocenters. The van der Waals surface area contributed by atoms with E-state index >= 15 is 0 Å². The fourth-order valence-corrected chi connectivity index (χ4v) is 2.99. The molecule has 2 N–H and O–H groups in total. The summed E-state index contributed by atoms with van der Waals surface area (Å²) in [4.78, 5) is 14.9. The van der Waals surface area contributed by atoms with E-state index in [4.69, 9.17) is 9.52 Å². The van der Waals surface area contributed by atoms with E-state index in [1.54, 1.807) is 18.2 Å². The topological polar surface area (TPSA) is 110 Å². The van der Waals surface area contributed by atoms with Gasteiger partial charge in [0.15, 0.2) is 5.58 Å². The highest BCUT2D eigenvalue weighted by Gasteiger charge is 2.16. The zero-order chi connectivity index (χ0) is 16.4. The number of hydrogen-bond donors (Lipinski definition) is 2. The molecular formula is C15H12N2O5S. The third kappa shape index (κ3) is 3.22. The highest BCUT2D eigenvalue weighted by atomic mass is 32.2. The van der Waals surface area contributed by atoms with Gasteiger partial charge in [-0.2, -0.15) is 0 Å². The summed E-state index contributed by atoms with van der Waals surface area (Å²) in [7, 11) is -3.78. The molecule has 0 saturated heterocycles. The second-order valence-corrected chi connectivity index (χ2v) is 6.50. The molecule has 1 aromatic heterocycles. The first-order chi connectivity index (χ1) is 11.0. The highest BCUT2D eigenvalue weighted by molar-refractivity contribution is 7.89. The number of para-hydroxylation sites is 2. The smallest absolute Gasteiger partial charge is 0.335 e. The van der Waals surface area contributed by atoms with Crippen LogP contribution in [0.3, 0.4) is 0 Å². The third-order valence-corrected chi connectivity index (χ3v) is 4.58. The van der Waals surface area contributed by atoms with Crippen molar-refractivity contribution in [2.45, 2.75) is 11.4 Å². The number of nitrogens with one attached hydrogen (secondary N) is 1. The van der Waals surface area contributed by atoms with Crippen LogP contribution in [0.4, 0.5) is 0 Å². The van der Waals surface area contributed by atoms with E-state index in [-0.39, 0.29) is 22.9 Å². The summed E-state index contributed by atoms with van der Waals surface area (Å²) in [6.07, 6.45) is 0. The van der Waals surface area contributed by atoms with Crippen molar-refractivity contribution in [2.24, 2.45) is 0 Å². The Bertz CT molecular complexity index is 928. The number of aromatic nitrogens is 1. The van der Waals surface area contributed by atoms with Gasteiger partial charge < -0.3 is 9.52 Å². The zero-order valence-electron chi connectivity index (χ0n) is 11.8. The minimum Gasteiger partial charge on any atom is -0.478 e. The highest BCUT2D eigenvalue weighted by Crippen LogP contribution is 2.16. The van der Waals surface area contributed by atoms with Crippen molar-refractivity contribution in [1.29, 1.82) is 0 Å². The average molecular weight is 332 g/mol. The number of fused-ring (bicyclic) bond motifs is 1. The van der Waals surface area contributed by atoms with Crippen molar-refractivity contribution in [3.8, 4) is 0 Å². The van der Waals surface area contributed by atoms with E-state index in [2.05, 4.69) is 9.71 Å². The fourth-order valence-electron chi connectivity index (χ4n) is 2.01. The Kier molecular flexibility index (Phi) is 3.85. The number of carboxylic acids is 1. The van der Waals surface area contributed by atoms with Crippen molar-refractivity contribution >= 4 is 27.1 Å². The first-order valence-electron chi connectivity index (χ1n) is 6.63. The maximum absolute atomic E-state index is 12.2. The third-order valence-electron chi connectivity index (χ3n) is 3.16. The quantitative estimate of drug-likeness (QED) is 0.739. The lowest BCUT2D eigenvalue weighted by atomic mass is 10.2. The first kappa shape index (κ1) is 15.2. The number of carboxylic acid groups (broad SMARTS) is 1. The van der Waals surface area contributed by atoms with Gasteiger partial charge in [-0.25, -0.2) is 22.9 Å². The van der Waals surface area contributed by atoms with Crippen LogP contribution in [0.2, 0.25) is 0 Å². The van der Waals surface area contributed by atoms with Crippen LogP contribution in [0, 0.1) is 0 Å². The minimum atomic E-state index is -3.78. The summed E-state index contributed by atoms with van der Waals surface area (Å²) in [6.45, 7) is -0.0995. The first-order valence-corrected chi connectivity index (χ1v) is 8.11. The van der Waals surface area contributed by atoms with Crippen LogP contribution in [0.5, 0.6) is 0 Å². The van der Waals surface area contributed by atoms with E-state index in [1.807, 2.05) is 6.07 Å². The zero-order valence-corrected chi connectivity index (χ0v) is 12.6. The SMILES string of the molecule is O=C(O)c1ccc(S(=O)(=O)NCc2nc3ccccc3o2)cc1. The van der Waals surface area contributed by atoms with Crippen molar-refractivity contribution in [2.75, 3.05) is 0 Å². The molecule has 7 nitrogen and oxygen atoms in total. The van der Waals surface area contributed by atoms with Gasteiger partial charge >= 0.3 is 5.97 Å². The Morgan fingerprint density at radius 3 is 2.48 bits per heavy atom. The molecule has 3 rings (SSSR count). The molecule has 0 spiro atoms. The lowest BCUT2D eigenvalue weighted by Crippen LogP contribution is -2.23. The molecule has 0 radical (unpaired) electrons. The van der Waals surface area contributed by atoms with Crippen molar-refractivity contribution < 1.29 is 22.7 Å². The van der Waals surface area contributed by atoms with Gasteiger partial charge in [0.1, 0.15) is 5.52 Å². The molecule has 0 atom stereocenters. The number of sulfonamides is 1. The van der Waals surface area contributed by atoms with Crippen LogP contribution in [-0.4, -0.2) is 24.5 Å². The summed E-state index contributed by atoms with van der Waals surface area (Å²) >= 11 is 0. The average Bonchev–Trinajstić information content (AvgIpc) is 2.96. The molecule has 0 amide bonds. The van der Waals surface area contributed by atoms with Crippen LogP contribution in [0.15, 0.2) is 57.8 Å². The summed E-state index contributed by atoms with van der Waals surface area (Å²) in [5.41, 5.74) is 1.24. The van der Waals surface area contributed by atoms with E-state index in [0.717, 1.165) is 0 Å². The number of hydrogen-bond acceptors (Lipinski definition) is 5. The van der Waals surface area contributed by atoms with Gasteiger partial charge in [0.2, 0.25) is 15.9 Å². The number of benzene rings is 2. The molecule has 3 aromatic rings. The summed E-state index contributed by atoms with van der Waals surface area (Å²) in [5, 5.41) is 8.81. The molecule has 118 valence electrons. The molecule has 8 heteroatoms. The van der Waals surface area contributed by atoms with Crippen LogP contribution in [-0.2, 0) is 16.6 Å². The minimum absolute atomic E-state index is 0.0166. The van der Waals surface area contributed by atoms with Gasteiger partial charge in [-0.1, -0.05) is 12.1 Å². The standard InChI is InChI=1S/C15H12N2O5S/c18-15(19)10-5-7-11(8-6-10)23(20,21)16-9-14-17-12-3-1-2-4-13(12)22-14/h1-8,16H,9H2,(H,18,19). The predicted molar refractivity (Wildman–Crippen MR) is 81.4 cm³/mol. The lowest BCUT2D eigenvalue weighted by molar-refractivity contribution is 0.0696. The maximum atomic E-state index is 12.2. The van der Waals surface area contributed by atoms with Gasteiger partial charge in [0.05, 0.1) is 17.0 Å². The second kappa shape index (κ2) is 5.82. The number of oxazole rings is 1. The lowest BCUT2D eigenvalue weighted by Gasteiger charge is -2.05. The summed E-state index contributed by atoms with van der Waals surface area (Å²) in [5.74, 6) is -0.870. The van der Waals surface area contributed by atoms with Crippen LogP contribution >= 0.6 is 0 Å². The van der Waals surface area contributed by atoms with Crippen LogP contribution in [0.25, 0.3) is 11.1 Å². The predicted octanol–water partition coefficient (Wildman–Crippen LogP) is 2.00. The molecule has 0 bridgehead atoms. The van der Waals surface area contributed by atoms with E-state index < -0.39 is 16.0 Å². The molecule has 0 fully saturated rings. The van der Waals surface area contributed by atoms with Gasteiger partial charge in [-0.05, 0) is 36.4 Å². The van der Waals surface area contributed by atoms with E-state index in [0.29, 0.717) is 11.1 Å². The molecule has 23 heavy (non-hydrogen) atoms. The number of nitrogens with zero attached hydrogens (tertiary/aromatic N) is 1. The van der Waals surface area contributed by atoms with Gasteiger partial charge in [-0.3, -0.25) is 0 Å². The number of aromatic carboxylic acids is 1. The summed E-state index contributed by atoms with van der Waals surface area (Å²) < 4.78 is 32.2. The maximum Gasteiger partial charge on any atom is 0.335 e. The molecule has 2 aromatic carbocycles. The fraction of sp³-hybridized carbons (Fsp3) is 0.0667. The van der Waals surface area contributed by atoms with Gasteiger partial charge in [0, 0.05) is 0 Å². The Morgan fingerprint density at radius 1 is 1.13 bits per heavy atom. The van der Waals surface area contributed by atoms with Crippen molar-refractivity contribution in [1.82, 2.24) is 9.71 Å². The number of rotatable bonds is 5. The Hall–Kier alpha value is -2.71. The van der Waals surface area contributed by atoms with Crippen molar-refractivity contribution in [3.63, 3.8) is 0 Å². The Balaban J connectivity index is 1.76. The van der Waals surface area contributed by atoms with E-state index in [1.165, 1.54) is 24.3 Å². The molecule has 0 aliphatic rings. The molecule has 0 aliphatic heterocycles. The molecule has 0 saturated carbocycles. The molecule has 1 heterocycles. The van der Waals surface area contributed by atoms with Gasteiger partial charge in [0.25, 0.3) is 0 Å². The largest absolute Gasteiger partial charge is 0.478 e. The molecule has 0 aliphatic carbocycles. The Labute approximate surface area is 131 Å². The molecular weight excluding hydrogens is 320 g/mol. The number of carbonyl (C=O) groups is 1.